The van der Waals surface area contributed by atoms with E-state index < -0.39 is 10.1 Å². The van der Waals surface area contributed by atoms with Gasteiger partial charge in [0.05, 0.1) is 32.0 Å². The molecule has 30 heavy (non-hydrogen) atoms. The number of nitrogens with one attached hydrogen (secondary N) is 1. The lowest BCUT2D eigenvalue weighted by Crippen LogP contribution is -2.28. The fourth-order valence-corrected chi connectivity index (χ4v) is 3.55. The zero-order chi connectivity index (χ0) is 22.3. The molecule has 2 aromatic carbocycles. The van der Waals surface area contributed by atoms with Gasteiger partial charge in [0.1, 0.15) is 4.90 Å². The van der Waals surface area contributed by atoms with Crippen molar-refractivity contribution in [3.05, 3.63) is 45.9 Å². The number of ether oxygens (including phenoxy) is 3. The van der Waals surface area contributed by atoms with Crippen molar-refractivity contribution in [1.82, 2.24) is 5.43 Å². The van der Waals surface area contributed by atoms with E-state index in [1.165, 1.54) is 39.7 Å². The third kappa shape index (κ3) is 5.54. The van der Waals surface area contributed by atoms with Crippen molar-refractivity contribution < 1.29 is 26.9 Å². The lowest BCUT2D eigenvalue weighted by molar-refractivity contribution is 0.323. The van der Waals surface area contributed by atoms with Gasteiger partial charge in [0.25, 0.3) is 5.96 Å². The zero-order valence-electron chi connectivity index (χ0n) is 16.7. The van der Waals surface area contributed by atoms with Crippen molar-refractivity contribution in [2.75, 3.05) is 21.3 Å². The molecule has 0 radical (unpaired) electrons. The van der Waals surface area contributed by atoms with E-state index in [1.54, 1.807) is 18.2 Å². The Bertz CT molecular complexity index is 1060. The molecule has 162 valence electrons. The van der Waals surface area contributed by atoms with E-state index in [0.717, 1.165) is 5.56 Å². The molecule has 0 aliphatic heterocycles. The van der Waals surface area contributed by atoms with Gasteiger partial charge in [-0.05, 0) is 46.2 Å². The largest absolute Gasteiger partial charge is 0.493 e. The summed E-state index contributed by atoms with van der Waals surface area (Å²) in [5, 5.41) is 7.25. The van der Waals surface area contributed by atoms with Crippen LogP contribution in [-0.4, -0.2) is 41.9 Å². The van der Waals surface area contributed by atoms with E-state index >= 15 is 0 Å². The number of halogens is 1. The van der Waals surface area contributed by atoms with Gasteiger partial charge in [-0.25, -0.2) is 5.43 Å². The Morgan fingerprint density at radius 3 is 2.30 bits per heavy atom. The Hall–Kier alpha value is -2.99. The maximum atomic E-state index is 12.1. The quantitative estimate of drug-likeness (QED) is 0.320. The van der Waals surface area contributed by atoms with Crippen molar-refractivity contribution >= 4 is 38.2 Å². The Morgan fingerprint density at radius 2 is 1.73 bits per heavy atom. The smallest absolute Gasteiger partial charge is 0.358 e. The van der Waals surface area contributed by atoms with Crippen molar-refractivity contribution in [3.63, 3.8) is 0 Å². The number of hydrazone groups is 1. The van der Waals surface area contributed by atoms with E-state index in [4.69, 9.17) is 19.9 Å². The number of nitrogens with zero attached hydrogens (tertiary/aromatic N) is 2. The van der Waals surface area contributed by atoms with Gasteiger partial charge in [-0.2, -0.15) is 13.5 Å². The molecule has 2 aromatic rings. The highest BCUT2D eigenvalue weighted by atomic mass is 79.9. The van der Waals surface area contributed by atoms with E-state index in [2.05, 4.69) is 35.9 Å². The number of nitrogens with two attached hydrogens (primary N) is 1. The second kappa shape index (κ2) is 10.2. The summed E-state index contributed by atoms with van der Waals surface area (Å²) < 4.78 is 45.2. The number of methoxy groups -OCH3 is 3. The van der Waals surface area contributed by atoms with Crippen LogP contribution in [0.25, 0.3) is 0 Å². The van der Waals surface area contributed by atoms with Gasteiger partial charge in [-0.1, -0.05) is 17.7 Å². The zero-order valence-corrected chi connectivity index (χ0v) is 19.1. The molecule has 10 nitrogen and oxygen atoms in total. The second-order valence-corrected chi connectivity index (χ2v) is 8.06. The molecule has 0 heterocycles. The first kappa shape index (κ1) is 23.3. The van der Waals surface area contributed by atoms with Crippen LogP contribution in [0.2, 0.25) is 0 Å². The topological polar surface area (TPSA) is 134 Å². The molecular formula is C18H21BrN4O6S. The molecular weight excluding hydrogens is 480 g/mol. The number of aryl methyl sites for hydroxylation is 1. The van der Waals surface area contributed by atoms with Gasteiger partial charge in [-0.15, -0.1) is 0 Å². The van der Waals surface area contributed by atoms with E-state index in [9.17, 15) is 8.42 Å². The number of hydrogen-bond acceptors (Lipinski definition) is 8. The van der Waals surface area contributed by atoms with Crippen LogP contribution in [0, 0.1) is 6.92 Å². The Kier molecular flexibility index (Phi) is 7.89. The fourth-order valence-electron chi connectivity index (χ4n) is 2.26. The number of oxime groups is 1. The highest BCUT2D eigenvalue weighted by Gasteiger charge is 2.18. The van der Waals surface area contributed by atoms with Crippen LogP contribution >= 0.6 is 15.9 Å². The van der Waals surface area contributed by atoms with Crippen LogP contribution in [0.1, 0.15) is 11.1 Å². The van der Waals surface area contributed by atoms with Gasteiger partial charge in [0.2, 0.25) is 5.75 Å². The number of benzene rings is 2. The van der Waals surface area contributed by atoms with Gasteiger partial charge in [-0.3, -0.25) is 4.28 Å². The van der Waals surface area contributed by atoms with Gasteiger partial charge < -0.3 is 19.9 Å². The highest BCUT2D eigenvalue weighted by Crippen LogP contribution is 2.44. The summed E-state index contributed by atoms with van der Waals surface area (Å²) in [6, 6.07) is 7.75. The molecule has 0 unspecified atom stereocenters. The summed E-state index contributed by atoms with van der Waals surface area (Å²) in [6.45, 7) is 1.83. The second-order valence-electron chi connectivity index (χ2n) is 5.74. The first-order valence-electron chi connectivity index (χ1n) is 8.34. The third-order valence-electron chi connectivity index (χ3n) is 3.72. The first-order valence-corrected chi connectivity index (χ1v) is 10.5. The molecule has 0 saturated carbocycles. The molecule has 12 heteroatoms. The predicted molar refractivity (Wildman–Crippen MR) is 116 cm³/mol. The lowest BCUT2D eigenvalue weighted by atomic mass is 10.2. The Balaban J connectivity index is 2.13. The van der Waals surface area contributed by atoms with Crippen LogP contribution in [0.3, 0.4) is 0 Å². The van der Waals surface area contributed by atoms with Gasteiger partial charge in [0.15, 0.2) is 11.5 Å². The molecule has 0 bridgehead atoms. The monoisotopic (exact) mass is 500 g/mol. The van der Waals surface area contributed by atoms with E-state index in [0.29, 0.717) is 27.3 Å². The fraction of sp³-hybridized carbons (Fsp3) is 0.222. The van der Waals surface area contributed by atoms with Gasteiger partial charge >= 0.3 is 10.1 Å². The molecule has 0 fully saturated rings. The molecule has 3 N–H and O–H groups in total. The lowest BCUT2D eigenvalue weighted by Gasteiger charge is -2.15. The number of rotatable bonds is 8. The Morgan fingerprint density at radius 1 is 1.10 bits per heavy atom. The molecule has 2 rings (SSSR count). The van der Waals surface area contributed by atoms with E-state index in [-0.39, 0.29) is 10.9 Å². The minimum absolute atomic E-state index is 0.0468. The normalized spacial score (nSPS) is 12.0. The summed E-state index contributed by atoms with van der Waals surface area (Å²) >= 11 is 3.41. The molecule has 0 spiro atoms. The minimum Gasteiger partial charge on any atom is -0.493 e. The maximum absolute atomic E-state index is 12.1. The van der Waals surface area contributed by atoms with Crippen LogP contribution in [-0.2, 0) is 14.4 Å². The molecule has 0 amide bonds. The van der Waals surface area contributed by atoms with E-state index in [1.807, 2.05) is 6.92 Å². The summed E-state index contributed by atoms with van der Waals surface area (Å²) in [7, 11) is 0.365. The SMILES string of the molecule is COc1cc(C=NNC(N)=NOS(=O)(=O)c2ccc(C)cc2)c(Br)c(OC)c1OC. The summed E-state index contributed by atoms with van der Waals surface area (Å²) in [6.07, 6.45) is 1.39. The maximum Gasteiger partial charge on any atom is 0.358 e. The molecule has 0 aromatic heterocycles. The summed E-state index contributed by atoms with van der Waals surface area (Å²) in [5.41, 5.74) is 9.44. The molecule has 0 saturated heterocycles. The van der Waals surface area contributed by atoms with Crippen molar-refractivity contribution in [1.29, 1.82) is 0 Å². The van der Waals surface area contributed by atoms with Gasteiger partial charge in [0, 0.05) is 5.56 Å². The van der Waals surface area contributed by atoms with Crippen molar-refractivity contribution in [3.8, 4) is 17.2 Å². The van der Waals surface area contributed by atoms with Crippen LogP contribution in [0.4, 0.5) is 0 Å². The minimum atomic E-state index is -4.10. The van der Waals surface area contributed by atoms with Crippen LogP contribution in [0.5, 0.6) is 17.2 Å². The summed E-state index contributed by atoms with van der Waals surface area (Å²) in [5.74, 6) is 0.874. The van der Waals surface area contributed by atoms with Crippen LogP contribution in [0.15, 0.2) is 50.0 Å². The van der Waals surface area contributed by atoms with Crippen LogP contribution < -0.4 is 25.4 Å². The highest BCUT2D eigenvalue weighted by molar-refractivity contribution is 9.10. The predicted octanol–water partition coefficient (Wildman–Crippen LogP) is 2.34. The third-order valence-corrected chi connectivity index (χ3v) is 5.66. The van der Waals surface area contributed by atoms with Crippen molar-refractivity contribution in [2.24, 2.45) is 16.0 Å². The summed E-state index contributed by atoms with van der Waals surface area (Å²) in [4.78, 5) is -0.0468. The Labute approximate surface area is 182 Å². The average Bonchev–Trinajstić information content (AvgIpc) is 2.73. The standard InChI is InChI=1S/C18H21BrN4O6S/c1-11-5-7-13(8-6-11)30(24,25)29-23-18(20)22-21-10-12-9-14(26-2)16(27-3)17(28-4)15(12)19/h5-10H,1-4H3,(H3,20,22,23). The number of hydrogen-bond donors (Lipinski definition) is 2. The molecule has 0 atom stereocenters. The average molecular weight is 501 g/mol. The number of guanidine groups is 1. The first-order chi connectivity index (χ1) is 14.2. The molecule has 0 aliphatic carbocycles. The molecule has 0 aliphatic rings. The van der Waals surface area contributed by atoms with Crippen molar-refractivity contribution in [2.45, 2.75) is 11.8 Å².